The van der Waals surface area contributed by atoms with Gasteiger partial charge in [-0.25, -0.2) is 4.68 Å². The number of nitrogens with one attached hydrogen (secondary N) is 2. The topological polar surface area (TPSA) is 88.9 Å². The van der Waals surface area contributed by atoms with E-state index in [0.29, 0.717) is 27.5 Å². The summed E-state index contributed by atoms with van der Waals surface area (Å²) in [5, 5.41) is 11.0. The number of amides is 2. The number of halogens is 2. The SMILES string of the molecule is Cc1c(Cl)cccc1NC(=O)CC1C(=O)Nc2nc(-c3ccc(Cl)cc3)nn21. The lowest BCUT2D eigenvalue weighted by atomic mass is 10.1. The zero-order chi connectivity index (χ0) is 19.8. The Bertz CT molecular complexity index is 1080. The van der Waals surface area contributed by atoms with E-state index in [4.69, 9.17) is 23.2 Å². The molecule has 2 amide bonds. The summed E-state index contributed by atoms with van der Waals surface area (Å²) in [6.45, 7) is 1.81. The van der Waals surface area contributed by atoms with Gasteiger partial charge in [0, 0.05) is 21.3 Å². The molecule has 142 valence electrons. The molecule has 4 rings (SSSR count). The molecular weight excluding hydrogens is 401 g/mol. The number of carbonyl (C=O) groups excluding carboxylic acids is 2. The Morgan fingerprint density at radius 1 is 1.21 bits per heavy atom. The van der Waals surface area contributed by atoms with E-state index in [9.17, 15) is 9.59 Å². The van der Waals surface area contributed by atoms with E-state index in [1.165, 1.54) is 4.68 Å². The lowest BCUT2D eigenvalue weighted by molar-refractivity contribution is -0.123. The summed E-state index contributed by atoms with van der Waals surface area (Å²) in [7, 11) is 0. The molecule has 9 heteroatoms. The summed E-state index contributed by atoms with van der Waals surface area (Å²) in [6.07, 6.45) is -0.0752. The molecule has 1 aliphatic rings. The van der Waals surface area contributed by atoms with Crippen LogP contribution in [0.15, 0.2) is 42.5 Å². The molecule has 28 heavy (non-hydrogen) atoms. The minimum atomic E-state index is -0.775. The third-order valence-corrected chi connectivity index (χ3v) is 5.15. The molecule has 0 saturated heterocycles. The predicted molar refractivity (Wildman–Crippen MR) is 108 cm³/mol. The van der Waals surface area contributed by atoms with Crippen molar-refractivity contribution in [2.45, 2.75) is 19.4 Å². The quantitative estimate of drug-likeness (QED) is 0.671. The van der Waals surface area contributed by atoms with Crippen molar-refractivity contribution >= 4 is 46.7 Å². The van der Waals surface area contributed by atoms with Gasteiger partial charge in [-0.2, -0.15) is 4.98 Å². The maximum absolute atomic E-state index is 12.5. The molecule has 0 radical (unpaired) electrons. The van der Waals surface area contributed by atoms with Gasteiger partial charge in [0.2, 0.25) is 11.9 Å². The first-order chi connectivity index (χ1) is 13.4. The van der Waals surface area contributed by atoms with Crippen LogP contribution >= 0.6 is 23.2 Å². The Balaban J connectivity index is 1.53. The van der Waals surface area contributed by atoms with Crippen LogP contribution in [0.2, 0.25) is 10.0 Å². The van der Waals surface area contributed by atoms with Crippen molar-refractivity contribution < 1.29 is 9.59 Å². The molecule has 0 aliphatic carbocycles. The Kier molecular flexibility index (Phi) is 4.78. The fraction of sp³-hybridized carbons (Fsp3) is 0.158. The average molecular weight is 416 g/mol. The number of fused-ring (bicyclic) bond motifs is 1. The summed E-state index contributed by atoms with van der Waals surface area (Å²) in [4.78, 5) is 29.1. The Morgan fingerprint density at radius 2 is 1.96 bits per heavy atom. The number of rotatable bonds is 4. The number of aromatic nitrogens is 3. The molecule has 3 aromatic rings. The van der Waals surface area contributed by atoms with Gasteiger partial charge in [0.25, 0.3) is 5.91 Å². The number of anilines is 2. The van der Waals surface area contributed by atoms with Crippen molar-refractivity contribution in [1.82, 2.24) is 14.8 Å². The molecule has 1 atom stereocenters. The second-order valence-electron chi connectivity index (χ2n) is 6.38. The van der Waals surface area contributed by atoms with E-state index < -0.39 is 6.04 Å². The van der Waals surface area contributed by atoms with Crippen LogP contribution in [-0.2, 0) is 9.59 Å². The lowest BCUT2D eigenvalue weighted by Gasteiger charge is -2.12. The van der Waals surface area contributed by atoms with E-state index in [-0.39, 0.29) is 18.2 Å². The van der Waals surface area contributed by atoms with Crippen LogP contribution < -0.4 is 10.6 Å². The Hall–Kier alpha value is -2.90. The summed E-state index contributed by atoms with van der Waals surface area (Å²) >= 11 is 12.0. The van der Waals surface area contributed by atoms with Crippen LogP contribution in [0.3, 0.4) is 0 Å². The summed E-state index contributed by atoms with van der Waals surface area (Å²) in [5.41, 5.74) is 2.13. The van der Waals surface area contributed by atoms with Crippen molar-refractivity contribution in [2.75, 3.05) is 10.6 Å². The predicted octanol–water partition coefficient (Wildman–Crippen LogP) is 4.08. The molecule has 0 saturated carbocycles. The molecule has 0 bridgehead atoms. The van der Waals surface area contributed by atoms with E-state index in [1.54, 1.807) is 42.5 Å². The minimum absolute atomic E-state index is 0.0752. The average Bonchev–Trinajstić information content (AvgIpc) is 3.18. The van der Waals surface area contributed by atoms with Crippen LogP contribution in [-0.4, -0.2) is 26.6 Å². The third kappa shape index (κ3) is 3.46. The van der Waals surface area contributed by atoms with E-state index >= 15 is 0 Å². The highest BCUT2D eigenvalue weighted by molar-refractivity contribution is 6.31. The lowest BCUT2D eigenvalue weighted by Crippen LogP contribution is -2.24. The molecule has 7 nitrogen and oxygen atoms in total. The van der Waals surface area contributed by atoms with Gasteiger partial charge in [-0.3, -0.25) is 14.9 Å². The fourth-order valence-electron chi connectivity index (χ4n) is 2.95. The summed E-state index contributed by atoms with van der Waals surface area (Å²) in [6, 6.07) is 11.5. The number of nitrogens with zero attached hydrogens (tertiary/aromatic N) is 3. The van der Waals surface area contributed by atoms with Gasteiger partial charge in [0.15, 0.2) is 5.82 Å². The van der Waals surface area contributed by atoms with Crippen LogP contribution in [0, 0.1) is 6.92 Å². The zero-order valence-electron chi connectivity index (χ0n) is 14.7. The molecule has 2 N–H and O–H groups in total. The van der Waals surface area contributed by atoms with Crippen LogP contribution in [0.4, 0.5) is 11.6 Å². The van der Waals surface area contributed by atoms with Gasteiger partial charge in [0.05, 0.1) is 6.42 Å². The fourth-order valence-corrected chi connectivity index (χ4v) is 3.25. The van der Waals surface area contributed by atoms with Gasteiger partial charge in [0.1, 0.15) is 6.04 Å². The van der Waals surface area contributed by atoms with Crippen LogP contribution in [0.25, 0.3) is 11.4 Å². The molecular formula is C19H15Cl2N5O2. The van der Waals surface area contributed by atoms with E-state index in [1.807, 2.05) is 6.92 Å². The van der Waals surface area contributed by atoms with Crippen molar-refractivity contribution in [3.05, 3.63) is 58.1 Å². The number of carbonyl (C=O) groups is 2. The maximum atomic E-state index is 12.5. The molecule has 2 heterocycles. The smallest absolute Gasteiger partial charge is 0.252 e. The van der Waals surface area contributed by atoms with Gasteiger partial charge in [-0.1, -0.05) is 29.3 Å². The van der Waals surface area contributed by atoms with Gasteiger partial charge in [-0.05, 0) is 48.9 Å². The van der Waals surface area contributed by atoms with Crippen molar-refractivity contribution in [3.8, 4) is 11.4 Å². The summed E-state index contributed by atoms with van der Waals surface area (Å²) < 4.78 is 1.44. The zero-order valence-corrected chi connectivity index (χ0v) is 16.3. The van der Waals surface area contributed by atoms with E-state index in [0.717, 1.165) is 11.1 Å². The molecule has 2 aromatic carbocycles. The van der Waals surface area contributed by atoms with Gasteiger partial charge in [-0.15, -0.1) is 5.10 Å². The minimum Gasteiger partial charge on any atom is -0.326 e. The second-order valence-corrected chi connectivity index (χ2v) is 7.22. The molecule has 0 spiro atoms. The Morgan fingerprint density at radius 3 is 2.71 bits per heavy atom. The van der Waals surface area contributed by atoms with Crippen molar-refractivity contribution in [3.63, 3.8) is 0 Å². The highest BCUT2D eigenvalue weighted by Gasteiger charge is 2.35. The molecule has 1 unspecified atom stereocenters. The first-order valence-electron chi connectivity index (χ1n) is 8.50. The Labute approximate surface area is 170 Å². The highest BCUT2D eigenvalue weighted by Crippen LogP contribution is 2.29. The largest absolute Gasteiger partial charge is 0.326 e. The highest BCUT2D eigenvalue weighted by atomic mass is 35.5. The summed E-state index contributed by atoms with van der Waals surface area (Å²) in [5.74, 6) is 0.118. The monoisotopic (exact) mass is 415 g/mol. The van der Waals surface area contributed by atoms with Gasteiger partial charge < -0.3 is 5.32 Å². The van der Waals surface area contributed by atoms with E-state index in [2.05, 4.69) is 20.7 Å². The first kappa shape index (κ1) is 18.5. The number of hydrogen-bond acceptors (Lipinski definition) is 4. The van der Waals surface area contributed by atoms with Crippen LogP contribution in [0.5, 0.6) is 0 Å². The third-order valence-electron chi connectivity index (χ3n) is 4.49. The van der Waals surface area contributed by atoms with Crippen LogP contribution in [0.1, 0.15) is 18.0 Å². The first-order valence-corrected chi connectivity index (χ1v) is 9.26. The molecule has 0 fully saturated rings. The van der Waals surface area contributed by atoms with Crippen molar-refractivity contribution in [2.24, 2.45) is 0 Å². The molecule has 1 aromatic heterocycles. The maximum Gasteiger partial charge on any atom is 0.252 e. The van der Waals surface area contributed by atoms with Gasteiger partial charge >= 0.3 is 0 Å². The number of hydrogen-bond donors (Lipinski definition) is 2. The second kappa shape index (κ2) is 7.26. The van der Waals surface area contributed by atoms with Crippen molar-refractivity contribution in [1.29, 1.82) is 0 Å². The standard InChI is InChI=1S/C19H15Cl2N5O2/c1-10-13(21)3-2-4-14(10)22-16(27)9-15-18(28)24-19-23-17(25-26(15)19)11-5-7-12(20)8-6-11/h2-8,15H,9H2,1H3,(H,22,27)(H,23,24,25,28). The molecule has 1 aliphatic heterocycles. The number of benzene rings is 2. The normalized spacial score (nSPS) is 15.2.